The number of rotatable bonds is 5. The third-order valence-electron chi connectivity index (χ3n) is 3.71. The van der Waals surface area contributed by atoms with Gasteiger partial charge in [-0.25, -0.2) is 0 Å². The molecule has 0 radical (unpaired) electrons. The van der Waals surface area contributed by atoms with Crippen molar-refractivity contribution in [3.8, 4) is 11.5 Å². The van der Waals surface area contributed by atoms with Gasteiger partial charge in [0.2, 0.25) is 0 Å². The third kappa shape index (κ3) is 3.86. The van der Waals surface area contributed by atoms with E-state index in [-0.39, 0.29) is 0 Å². The van der Waals surface area contributed by atoms with Crippen molar-refractivity contribution in [2.45, 2.75) is 39.2 Å². The first-order chi connectivity index (χ1) is 10.0. The Morgan fingerprint density at radius 2 is 1.81 bits per heavy atom. The molecule has 21 heavy (non-hydrogen) atoms. The van der Waals surface area contributed by atoms with Gasteiger partial charge in [0.05, 0.1) is 6.10 Å². The molecule has 2 unspecified atom stereocenters. The maximum atomic E-state index is 9.66. The Bertz CT molecular complexity index is 608. The zero-order valence-corrected chi connectivity index (χ0v) is 14.2. The molecule has 0 amide bonds. The van der Waals surface area contributed by atoms with E-state index in [1.807, 2.05) is 36.4 Å². The molecule has 0 aliphatic rings. The highest BCUT2D eigenvalue weighted by atomic mass is 79.9. The van der Waals surface area contributed by atoms with Crippen molar-refractivity contribution in [1.29, 1.82) is 0 Å². The zero-order chi connectivity index (χ0) is 15.4. The SMILES string of the molecule is CCC(C)c1ccccc1Oc1ccc(C(C)O)c(Br)c1. The molecule has 0 aliphatic carbocycles. The highest BCUT2D eigenvalue weighted by Crippen LogP contribution is 2.34. The van der Waals surface area contributed by atoms with Crippen LogP contribution in [0.1, 0.15) is 50.3 Å². The number of benzene rings is 2. The van der Waals surface area contributed by atoms with Crippen molar-refractivity contribution in [1.82, 2.24) is 0 Å². The van der Waals surface area contributed by atoms with E-state index in [1.165, 1.54) is 5.56 Å². The van der Waals surface area contributed by atoms with Crippen molar-refractivity contribution in [2.75, 3.05) is 0 Å². The fraction of sp³-hybridized carbons (Fsp3) is 0.333. The fourth-order valence-corrected chi connectivity index (χ4v) is 2.93. The van der Waals surface area contributed by atoms with Crippen LogP contribution in [0.4, 0.5) is 0 Å². The lowest BCUT2D eigenvalue weighted by molar-refractivity contribution is 0.198. The molecule has 112 valence electrons. The van der Waals surface area contributed by atoms with Gasteiger partial charge >= 0.3 is 0 Å². The van der Waals surface area contributed by atoms with Crippen LogP contribution in [0.2, 0.25) is 0 Å². The summed E-state index contributed by atoms with van der Waals surface area (Å²) in [5.74, 6) is 2.12. The van der Waals surface area contributed by atoms with Crippen LogP contribution in [0.5, 0.6) is 11.5 Å². The highest BCUT2D eigenvalue weighted by Gasteiger charge is 2.12. The number of ether oxygens (including phenoxy) is 1. The Morgan fingerprint density at radius 3 is 2.43 bits per heavy atom. The number of hydrogen-bond donors (Lipinski definition) is 1. The molecule has 0 saturated heterocycles. The summed E-state index contributed by atoms with van der Waals surface area (Å²) in [5.41, 5.74) is 2.08. The summed E-state index contributed by atoms with van der Waals surface area (Å²) in [4.78, 5) is 0. The van der Waals surface area contributed by atoms with Crippen molar-refractivity contribution in [3.63, 3.8) is 0 Å². The summed E-state index contributed by atoms with van der Waals surface area (Å²) < 4.78 is 6.89. The molecule has 0 saturated carbocycles. The predicted octanol–water partition coefficient (Wildman–Crippen LogP) is 5.81. The first-order valence-corrected chi connectivity index (χ1v) is 8.06. The van der Waals surface area contributed by atoms with Crippen LogP contribution in [0.15, 0.2) is 46.9 Å². The minimum Gasteiger partial charge on any atom is -0.457 e. The monoisotopic (exact) mass is 348 g/mol. The molecule has 3 heteroatoms. The standard InChI is InChI=1S/C18H21BrO2/c1-4-12(2)15-7-5-6-8-18(15)21-14-9-10-16(13(3)20)17(19)11-14/h5-13,20H,4H2,1-3H3. The first kappa shape index (κ1) is 16.1. The Balaban J connectivity index is 2.29. The van der Waals surface area contributed by atoms with Gasteiger partial charge in [0.15, 0.2) is 0 Å². The van der Waals surface area contributed by atoms with E-state index in [0.29, 0.717) is 5.92 Å². The van der Waals surface area contributed by atoms with E-state index in [9.17, 15) is 5.11 Å². The lowest BCUT2D eigenvalue weighted by Gasteiger charge is -2.16. The molecular weight excluding hydrogens is 328 g/mol. The van der Waals surface area contributed by atoms with Gasteiger partial charge in [-0.05, 0) is 48.6 Å². The van der Waals surface area contributed by atoms with Crippen molar-refractivity contribution in [2.24, 2.45) is 0 Å². The average Bonchev–Trinajstić information content (AvgIpc) is 2.46. The lowest BCUT2D eigenvalue weighted by atomic mass is 9.98. The van der Waals surface area contributed by atoms with Gasteiger partial charge in [0, 0.05) is 4.47 Å². The minimum atomic E-state index is -0.499. The molecule has 0 heterocycles. The second kappa shape index (κ2) is 7.10. The molecule has 1 N–H and O–H groups in total. The van der Waals surface area contributed by atoms with Gasteiger partial charge in [0.25, 0.3) is 0 Å². The van der Waals surface area contributed by atoms with E-state index in [0.717, 1.165) is 28.0 Å². The zero-order valence-electron chi connectivity index (χ0n) is 12.6. The molecule has 0 aromatic heterocycles. The van der Waals surface area contributed by atoms with Crippen LogP contribution < -0.4 is 4.74 Å². The summed E-state index contributed by atoms with van der Waals surface area (Å²) >= 11 is 3.48. The van der Waals surface area contributed by atoms with E-state index in [1.54, 1.807) is 6.92 Å². The molecule has 2 rings (SSSR count). The normalized spacial score (nSPS) is 13.8. The molecule has 0 aliphatic heterocycles. The quantitative estimate of drug-likeness (QED) is 0.738. The van der Waals surface area contributed by atoms with Crippen LogP contribution >= 0.6 is 15.9 Å². The van der Waals surface area contributed by atoms with E-state index in [4.69, 9.17) is 4.74 Å². The van der Waals surface area contributed by atoms with E-state index >= 15 is 0 Å². The van der Waals surface area contributed by atoms with Crippen molar-refractivity contribution >= 4 is 15.9 Å². The van der Waals surface area contributed by atoms with Crippen LogP contribution in [0, 0.1) is 0 Å². The van der Waals surface area contributed by atoms with Gasteiger partial charge in [-0.3, -0.25) is 0 Å². The van der Waals surface area contributed by atoms with Crippen LogP contribution in [0.3, 0.4) is 0 Å². The van der Waals surface area contributed by atoms with Crippen molar-refractivity contribution in [3.05, 3.63) is 58.1 Å². The molecule has 0 fully saturated rings. The van der Waals surface area contributed by atoms with E-state index in [2.05, 4.69) is 35.8 Å². The van der Waals surface area contributed by atoms with Gasteiger partial charge in [-0.1, -0.05) is 54.0 Å². The number of aliphatic hydroxyl groups excluding tert-OH is 1. The smallest absolute Gasteiger partial charge is 0.130 e. The van der Waals surface area contributed by atoms with E-state index < -0.39 is 6.10 Å². The summed E-state index contributed by atoms with van der Waals surface area (Å²) in [6.07, 6.45) is 0.575. The number of halogens is 1. The van der Waals surface area contributed by atoms with Gasteiger partial charge < -0.3 is 9.84 Å². The molecule has 0 spiro atoms. The molecule has 2 aromatic carbocycles. The van der Waals surface area contributed by atoms with Gasteiger partial charge in [-0.15, -0.1) is 0 Å². The Morgan fingerprint density at radius 1 is 1.10 bits per heavy atom. The van der Waals surface area contributed by atoms with Crippen LogP contribution in [-0.4, -0.2) is 5.11 Å². The predicted molar refractivity (Wildman–Crippen MR) is 90.0 cm³/mol. The summed E-state index contributed by atoms with van der Waals surface area (Å²) in [5, 5.41) is 9.66. The molecular formula is C18H21BrO2. The van der Waals surface area contributed by atoms with Gasteiger partial charge in [-0.2, -0.15) is 0 Å². The Kier molecular flexibility index (Phi) is 5.43. The third-order valence-corrected chi connectivity index (χ3v) is 4.40. The number of aliphatic hydroxyl groups is 1. The first-order valence-electron chi connectivity index (χ1n) is 7.27. The van der Waals surface area contributed by atoms with Crippen LogP contribution in [0.25, 0.3) is 0 Å². The second-order valence-electron chi connectivity index (χ2n) is 5.31. The topological polar surface area (TPSA) is 29.5 Å². The molecule has 2 nitrogen and oxygen atoms in total. The Hall–Kier alpha value is -1.32. The fourth-order valence-electron chi connectivity index (χ4n) is 2.24. The average molecular weight is 349 g/mol. The maximum absolute atomic E-state index is 9.66. The second-order valence-corrected chi connectivity index (χ2v) is 6.16. The Labute approximate surface area is 134 Å². The maximum Gasteiger partial charge on any atom is 0.130 e. The highest BCUT2D eigenvalue weighted by molar-refractivity contribution is 9.10. The minimum absolute atomic E-state index is 0.460. The molecule has 2 atom stereocenters. The summed E-state index contributed by atoms with van der Waals surface area (Å²) in [6, 6.07) is 13.8. The molecule has 2 aromatic rings. The summed E-state index contributed by atoms with van der Waals surface area (Å²) in [6.45, 7) is 6.13. The number of hydrogen-bond acceptors (Lipinski definition) is 2. The molecule has 0 bridgehead atoms. The number of para-hydroxylation sites is 1. The lowest BCUT2D eigenvalue weighted by Crippen LogP contribution is -1.97. The van der Waals surface area contributed by atoms with Crippen molar-refractivity contribution < 1.29 is 9.84 Å². The van der Waals surface area contributed by atoms with Gasteiger partial charge in [0.1, 0.15) is 11.5 Å². The largest absolute Gasteiger partial charge is 0.457 e. The van der Waals surface area contributed by atoms with Crippen LogP contribution in [-0.2, 0) is 0 Å². The summed E-state index contributed by atoms with van der Waals surface area (Å²) in [7, 11) is 0.